The number of thiazole rings is 1. The molecule has 2 aromatic rings. The Morgan fingerprint density at radius 1 is 1.67 bits per heavy atom. The van der Waals surface area contributed by atoms with E-state index in [0.29, 0.717) is 10.3 Å². The molecule has 0 aliphatic rings. The summed E-state index contributed by atoms with van der Waals surface area (Å²) in [5.74, 6) is -1.07. The summed E-state index contributed by atoms with van der Waals surface area (Å²) in [7, 11) is 0. The molecule has 15 heavy (non-hydrogen) atoms. The number of aryl methyl sites for hydroxylation is 1. The van der Waals surface area contributed by atoms with Gasteiger partial charge in [-0.05, 0) is 6.92 Å². The summed E-state index contributed by atoms with van der Waals surface area (Å²) in [6, 6.07) is 0. The minimum atomic E-state index is -1.07. The molecule has 0 radical (unpaired) electrons. The van der Waals surface area contributed by atoms with Crippen molar-refractivity contribution in [3.8, 4) is 0 Å². The molecular weight excluding hydrogens is 218 g/mol. The standard InChI is InChI=1S/C8H7N3O3S/c1-4-10-7-6(15-4)8(14)11(3-9-7)2-5(12)13/h3H,2H2,1H3,(H,12,13). The van der Waals surface area contributed by atoms with E-state index in [4.69, 9.17) is 5.11 Å². The molecule has 0 aliphatic heterocycles. The van der Waals surface area contributed by atoms with E-state index in [1.54, 1.807) is 6.92 Å². The molecule has 0 unspecified atom stereocenters. The second-order valence-electron chi connectivity index (χ2n) is 2.96. The van der Waals surface area contributed by atoms with Crippen molar-refractivity contribution < 1.29 is 9.90 Å². The average molecular weight is 225 g/mol. The Balaban J connectivity index is 2.64. The average Bonchev–Trinajstić information content (AvgIpc) is 2.51. The lowest BCUT2D eigenvalue weighted by molar-refractivity contribution is -0.137. The third-order valence-electron chi connectivity index (χ3n) is 1.80. The lowest BCUT2D eigenvalue weighted by Gasteiger charge is -1.98. The topological polar surface area (TPSA) is 85.1 Å². The molecule has 2 aromatic heterocycles. The lowest BCUT2D eigenvalue weighted by Crippen LogP contribution is -2.23. The molecule has 0 atom stereocenters. The van der Waals surface area contributed by atoms with Gasteiger partial charge < -0.3 is 5.11 Å². The van der Waals surface area contributed by atoms with Crippen LogP contribution in [0.25, 0.3) is 10.3 Å². The largest absolute Gasteiger partial charge is 0.480 e. The van der Waals surface area contributed by atoms with Gasteiger partial charge in [0.2, 0.25) is 0 Å². The van der Waals surface area contributed by atoms with Crippen LogP contribution in [0.15, 0.2) is 11.1 Å². The van der Waals surface area contributed by atoms with E-state index in [-0.39, 0.29) is 12.1 Å². The number of hydrogen-bond acceptors (Lipinski definition) is 5. The lowest BCUT2D eigenvalue weighted by atomic mass is 10.5. The van der Waals surface area contributed by atoms with Gasteiger partial charge in [-0.3, -0.25) is 14.2 Å². The van der Waals surface area contributed by atoms with Crippen molar-refractivity contribution in [2.75, 3.05) is 0 Å². The van der Waals surface area contributed by atoms with Gasteiger partial charge >= 0.3 is 5.97 Å². The van der Waals surface area contributed by atoms with Crippen molar-refractivity contribution in [2.45, 2.75) is 13.5 Å². The first-order valence-corrected chi connectivity index (χ1v) is 4.94. The highest BCUT2D eigenvalue weighted by atomic mass is 32.1. The van der Waals surface area contributed by atoms with Gasteiger partial charge in [0.15, 0.2) is 5.65 Å². The molecule has 6 nitrogen and oxygen atoms in total. The van der Waals surface area contributed by atoms with E-state index >= 15 is 0 Å². The number of aliphatic carboxylic acids is 1. The third-order valence-corrected chi connectivity index (χ3v) is 2.74. The summed E-state index contributed by atoms with van der Waals surface area (Å²) in [6.07, 6.45) is 1.21. The van der Waals surface area contributed by atoms with Crippen LogP contribution in [0.3, 0.4) is 0 Å². The molecule has 0 amide bonds. The molecule has 0 fully saturated rings. The molecule has 0 aliphatic carbocycles. The number of carbonyl (C=O) groups is 1. The predicted octanol–water partition coefficient (Wildman–Crippen LogP) is 0.246. The summed E-state index contributed by atoms with van der Waals surface area (Å²) < 4.78 is 1.46. The van der Waals surface area contributed by atoms with Gasteiger partial charge in [-0.15, -0.1) is 11.3 Å². The van der Waals surface area contributed by atoms with Crippen LogP contribution in [0.5, 0.6) is 0 Å². The van der Waals surface area contributed by atoms with Gasteiger partial charge in [0.05, 0.1) is 5.01 Å². The van der Waals surface area contributed by atoms with Gasteiger partial charge in [0.25, 0.3) is 5.56 Å². The number of carboxylic acids is 1. The first-order valence-electron chi connectivity index (χ1n) is 4.12. The molecule has 0 spiro atoms. The van der Waals surface area contributed by atoms with Crippen LogP contribution in [-0.4, -0.2) is 25.6 Å². The zero-order valence-electron chi connectivity index (χ0n) is 7.80. The minimum absolute atomic E-state index is 0.354. The Morgan fingerprint density at radius 3 is 3.07 bits per heavy atom. The fourth-order valence-corrected chi connectivity index (χ4v) is 2.03. The molecule has 0 saturated carbocycles. The summed E-state index contributed by atoms with van der Waals surface area (Å²) >= 11 is 1.22. The van der Waals surface area contributed by atoms with Crippen LogP contribution in [0.1, 0.15) is 5.01 Å². The second kappa shape index (κ2) is 3.43. The first kappa shape index (κ1) is 9.78. The van der Waals surface area contributed by atoms with Gasteiger partial charge in [-0.2, -0.15) is 0 Å². The van der Waals surface area contributed by atoms with Crippen molar-refractivity contribution in [2.24, 2.45) is 0 Å². The maximum absolute atomic E-state index is 11.7. The Labute approximate surface area is 87.8 Å². The van der Waals surface area contributed by atoms with Crippen LogP contribution in [-0.2, 0) is 11.3 Å². The van der Waals surface area contributed by atoms with Gasteiger partial charge in [-0.1, -0.05) is 0 Å². The normalized spacial score (nSPS) is 10.7. The molecule has 0 bridgehead atoms. The first-order chi connectivity index (χ1) is 7.08. The van der Waals surface area contributed by atoms with E-state index in [2.05, 4.69) is 9.97 Å². The number of hydrogen-bond donors (Lipinski definition) is 1. The highest BCUT2D eigenvalue weighted by Gasteiger charge is 2.10. The number of fused-ring (bicyclic) bond motifs is 1. The van der Waals surface area contributed by atoms with E-state index in [1.165, 1.54) is 17.7 Å². The number of carboxylic acid groups (broad SMARTS) is 1. The summed E-state index contributed by atoms with van der Waals surface area (Å²) in [4.78, 5) is 30.1. The van der Waals surface area contributed by atoms with Crippen molar-refractivity contribution >= 4 is 27.7 Å². The Hall–Kier alpha value is -1.76. The molecule has 2 rings (SSSR count). The molecule has 0 saturated heterocycles. The minimum Gasteiger partial charge on any atom is -0.480 e. The maximum atomic E-state index is 11.7. The van der Waals surface area contributed by atoms with Crippen LogP contribution < -0.4 is 5.56 Å². The monoisotopic (exact) mass is 225 g/mol. The van der Waals surface area contributed by atoms with Crippen LogP contribution in [0.2, 0.25) is 0 Å². The quantitative estimate of drug-likeness (QED) is 0.791. The van der Waals surface area contributed by atoms with Crippen LogP contribution >= 0.6 is 11.3 Å². The fraction of sp³-hybridized carbons (Fsp3) is 0.250. The van der Waals surface area contributed by atoms with E-state index in [1.807, 2.05) is 0 Å². The number of aromatic nitrogens is 3. The molecule has 78 valence electrons. The highest BCUT2D eigenvalue weighted by molar-refractivity contribution is 7.18. The van der Waals surface area contributed by atoms with Crippen molar-refractivity contribution in [3.05, 3.63) is 21.7 Å². The zero-order chi connectivity index (χ0) is 11.0. The number of rotatable bonds is 2. The highest BCUT2D eigenvalue weighted by Crippen LogP contribution is 2.14. The summed E-state index contributed by atoms with van der Waals surface area (Å²) in [6.45, 7) is 1.39. The zero-order valence-corrected chi connectivity index (χ0v) is 8.61. The van der Waals surface area contributed by atoms with Crippen molar-refractivity contribution in [1.29, 1.82) is 0 Å². The predicted molar refractivity (Wildman–Crippen MR) is 54.0 cm³/mol. The van der Waals surface area contributed by atoms with E-state index in [9.17, 15) is 9.59 Å². The van der Waals surface area contributed by atoms with Crippen molar-refractivity contribution in [1.82, 2.24) is 14.5 Å². The molecule has 2 heterocycles. The summed E-state index contributed by atoms with van der Waals surface area (Å²) in [5.41, 5.74) is 0.0251. The Morgan fingerprint density at radius 2 is 2.40 bits per heavy atom. The van der Waals surface area contributed by atoms with Gasteiger partial charge in [0.1, 0.15) is 17.6 Å². The third kappa shape index (κ3) is 1.73. The summed E-state index contributed by atoms with van der Waals surface area (Å²) in [5, 5.41) is 9.31. The fourth-order valence-electron chi connectivity index (χ4n) is 1.21. The van der Waals surface area contributed by atoms with Gasteiger partial charge in [-0.25, -0.2) is 9.97 Å². The van der Waals surface area contributed by atoms with Gasteiger partial charge in [0, 0.05) is 0 Å². The Bertz CT molecular complexity index is 586. The van der Waals surface area contributed by atoms with Crippen LogP contribution in [0, 0.1) is 6.92 Å². The molecule has 7 heteroatoms. The van der Waals surface area contributed by atoms with Crippen molar-refractivity contribution in [3.63, 3.8) is 0 Å². The molecule has 0 aromatic carbocycles. The van der Waals surface area contributed by atoms with Crippen LogP contribution in [0.4, 0.5) is 0 Å². The smallest absolute Gasteiger partial charge is 0.323 e. The maximum Gasteiger partial charge on any atom is 0.323 e. The molecular formula is C8H7N3O3S. The molecule has 1 N–H and O–H groups in total. The Kier molecular flexibility index (Phi) is 2.24. The van der Waals surface area contributed by atoms with E-state index in [0.717, 1.165) is 9.57 Å². The second-order valence-corrected chi connectivity index (χ2v) is 4.16. The number of nitrogens with zero attached hydrogens (tertiary/aromatic N) is 3. The SMILES string of the molecule is Cc1nc2ncn(CC(=O)O)c(=O)c2s1. The van der Waals surface area contributed by atoms with E-state index < -0.39 is 5.97 Å².